The van der Waals surface area contributed by atoms with Crippen molar-refractivity contribution in [2.75, 3.05) is 6.54 Å². The highest BCUT2D eigenvalue weighted by Gasteiger charge is 2.15. The molecule has 0 saturated carbocycles. The summed E-state index contributed by atoms with van der Waals surface area (Å²) in [6.07, 6.45) is 6.61. The van der Waals surface area contributed by atoms with E-state index >= 15 is 0 Å². The van der Waals surface area contributed by atoms with Crippen LogP contribution in [0.4, 0.5) is 0 Å². The first-order valence-corrected chi connectivity index (χ1v) is 5.68. The Labute approximate surface area is 84.1 Å². The highest BCUT2D eigenvalue weighted by Crippen LogP contribution is 2.27. The van der Waals surface area contributed by atoms with Crippen LogP contribution in [0.25, 0.3) is 0 Å². The van der Waals surface area contributed by atoms with Crippen molar-refractivity contribution in [3.05, 3.63) is 0 Å². The summed E-state index contributed by atoms with van der Waals surface area (Å²) in [5, 5.41) is 0. The monoisotopic (exact) mass is 185 g/mol. The van der Waals surface area contributed by atoms with Gasteiger partial charge in [-0.1, -0.05) is 47.0 Å². The summed E-state index contributed by atoms with van der Waals surface area (Å²) in [6, 6.07) is 0. The molecule has 0 spiro atoms. The van der Waals surface area contributed by atoms with Crippen LogP contribution < -0.4 is 5.73 Å². The van der Waals surface area contributed by atoms with Crippen LogP contribution in [-0.4, -0.2) is 6.54 Å². The van der Waals surface area contributed by atoms with Crippen LogP contribution in [0.2, 0.25) is 0 Å². The van der Waals surface area contributed by atoms with Crippen LogP contribution in [0.5, 0.6) is 0 Å². The average Bonchev–Trinajstić information content (AvgIpc) is 1.98. The Morgan fingerprint density at radius 1 is 1.08 bits per heavy atom. The maximum atomic E-state index is 5.57. The molecule has 2 N–H and O–H groups in total. The van der Waals surface area contributed by atoms with Crippen molar-refractivity contribution in [3.63, 3.8) is 0 Å². The van der Waals surface area contributed by atoms with Gasteiger partial charge in [0.05, 0.1) is 0 Å². The van der Waals surface area contributed by atoms with E-state index in [0.717, 1.165) is 18.9 Å². The van der Waals surface area contributed by atoms with Gasteiger partial charge < -0.3 is 5.73 Å². The van der Waals surface area contributed by atoms with Gasteiger partial charge in [-0.05, 0) is 30.7 Å². The molecular formula is C12H27N. The summed E-state index contributed by atoms with van der Waals surface area (Å²) in [5.74, 6) is 0.859. The van der Waals surface area contributed by atoms with Crippen LogP contribution in [0.15, 0.2) is 0 Å². The first-order chi connectivity index (χ1) is 5.98. The Morgan fingerprint density at radius 2 is 1.69 bits per heavy atom. The smallest absolute Gasteiger partial charge is 0.00722 e. The molecule has 1 nitrogen and oxygen atoms in total. The molecule has 0 unspecified atom stereocenters. The zero-order chi connectivity index (χ0) is 10.3. The first kappa shape index (κ1) is 13.0. The summed E-state index contributed by atoms with van der Waals surface area (Å²) in [7, 11) is 0. The predicted octanol–water partition coefficient (Wildman–Crippen LogP) is 3.58. The highest BCUT2D eigenvalue weighted by atomic mass is 14.5. The number of hydrogen-bond acceptors (Lipinski definition) is 1. The maximum Gasteiger partial charge on any atom is -0.00722 e. The minimum Gasteiger partial charge on any atom is -0.330 e. The Balaban J connectivity index is 3.40. The third kappa shape index (κ3) is 8.29. The van der Waals surface area contributed by atoms with Gasteiger partial charge in [-0.3, -0.25) is 0 Å². The molecule has 0 aliphatic rings. The Hall–Kier alpha value is -0.0400. The van der Waals surface area contributed by atoms with Crippen molar-refractivity contribution in [2.24, 2.45) is 17.1 Å². The van der Waals surface area contributed by atoms with Crippen molar-refractivity contribution < 1.29 is 0 Å². The van der Waals surface area contributed by atoms with E-state index in [9.17, 15) is 0 Å². The maximum absolute atomic E-state index is 5.57. The van der Waals surface area contributed by atoms with E-state index in [0.29, 0.717) is 5.41 Å². The zero-order valence-corrected chi connectivity index (χ0v) is 9.90. The van der Waals surface area contributed by atoms with Gasteiger partial charge in [0.15, 0.2) is 0 Å². The molecule has 0 amide bonds. The second-order valence-electron chi connectivity index (χ2n) is 5.34. The molecule has 13 heavy (non-hydrogen) atoms. The second kappa shape index (κ2) is 6.42. The summed E-state index contributed by atoms with van der Waals surface area (Å²) in [6.45, 7) is 10.1. The van der Waals surface area contributed by atoms with Crippen LogP contribution in [0.3, 0.4) is 0 Å². The standard InChI is InChI=1S/C12H27N/c1-11(2)7-5-6-8-12(3,4)9-10-13/h11H,5-10,13H2,1-4H3. The minimum atomic E-state index is 0.464. The van der Waals surface area contributed by atoms with Crippen molar-refractivity contribution >= 4 is 0 Å². The molecule has 0 heterocycles. The third-order valence-electron chi connectivity index (χ3n) is 2.71. The van der Waals surface area contributed by atoms with Gasteiger partial charge in [0.1, 0.15) is 0 Å². The molecule has 0 rings (SSSR count). The predicted molar refractivity (Wildman–Crippen MR) is 60.8 cm³/mol. The molecule has 80 valence electrons. The van der Waals surface area contributed by atoms with E-state index in [-0.39, 0.29) is 0 Å². The van der Waals surface area contributed by atoms with Crippen molar-refractivity contribution in [1.29, 1.82) is 0 Å². The topological polar surface area (TPSA) is 26.0 Å². The quantitative estimate of drug-likeness (QED) is 0.603. The second-order valence-corrected chi connectivity index (χ2v) is 5.34. The van der Waals surface area contributed by atoms with Crippen molar-refractivity contribution in [1.82, 2.24) is 0 Å². The van der Waals surface area contributed by atoms with Crippen LogP contribution in [0, 0.1) is 11.3 Å². The molecule has 0 aromatic carbocycles. The number of unbranched alkanes of at least 4 members (excludes halogenated alkanes) is 1. The fourth-order valence-corrected chi connectivity index (χ4v) is 1.67. The number of hydrogen-bond donors (Lipinski definition) is 1. The molecule has 0 saturated heterocycles. The normalized spacial score (nSPS) is 12.5. The molecule has 0 bridgehead atoms. The highest BCUT2D eigenvalue weighted by molar-refractivity contribution is 4.68. The first-order valence-electron chi connectivity index (χ1n) is 5.68. The van der Waals surface area contributed by atoms with Gasteiger partial charge in [-0.25, -0.2) is 0 Å². The lowest BCUT2D eigenvalue weighted by atomic mass is 9.83. The molecule has 0 radical (unpaired) electrons. The molecule has 0 aliphatic carbocycles. The lowest BCUT2D eigenvalue weighted by Crippen LogP contribution is -2.16. The molecule has 1 heteroatoms. The number of rotatable bonds is 7. The Morgan fingerprint density at radius 3 is 2.15 bits per heavy atom. The van der Waals surface area contributed by atoms with E-state index in [1.54, 1.807) is 0 Å². The van der Waals surface area contributed by atoms with Crippen LogP contribution in [0.1, 0.15) is 59.8 Å². The average molecular weight is 185 g/mol. The van der Waals surface area contributed by atoms with E-state index in [4.69, 9.17) is 5.73 Å². The van der Waals surface area contributed by atoms with Gasteiger partial charge in [-0.15, -0.1) is 0 Å². The summed E-state index contributed by atoms with van der Waals surface area (Å²) >= 11 is 0. The minimum absolute atomic E-state index is 0.464. The van der Waals surface area contributed by atoms with Gasteiger partial charge in [0, 0.05) is 0 Å². The largest absolute Gasteiger partial charge is 0.330 e. The van der Waals surface area contributed by atoms with Gasteiger partial charge >= 0.3 is 0 Å². The summed E-state index contributed by atoms with van der Waals surface area (Å²) in [4.78, 5) is 0. The van der Waals surface area contributed by atoms with E-state index < -0.39 is 0 Å². The van der Waals surface area contributed by atoms with Crippen molar-refractivity contribution in [2.45, 2.75) is 59.8 Å². The third-order valence-corrected chi connectivity index (χ3v) is 2.71. The summed E-state index contributed by atoms with van der Waals surface area (Å²) < 4.78 is 0. The molecule has 0 aromatic rings. The summed E-state index contributed by atoms with van der Waals surface area (Å²) in [5.41, 5.74) is 6.03. The molecule has 0 aliphatic heterocycles. The molecule has 0 fully saturated rings. The Kier molecular flexibility index (Phi) is 6.40. The van der Waals surface area contributed by atoms with E-state index in [1.807, 2.05) is 0 Å². The fourth-order valence-electron chi connectivity index (χ4n) is 1.67. The van der Waals surface area contributed by atoms with E-state index in [1.165, 1.54) is 25.7 Å². The van der Waals surface area contributed by atoms with Gasteiger partial charge in [-0.2, -0.15) is 0 Å². The Bertz CT molecular complexity index is 116. The fraction of sp³-hybridized carbons (Fsp3) is 1.00. The van der Waals surface area contributed by atoms with Gasteiger partial charge in [0.2, 0.25) is 0 Å². The molecule has 0 aromatic heterocycles. The van der Waals surface area contributed by atoms with Crippen molar-refractivity contribution in [3.8, 4) is 0 Å². The lowest BCUT2D eigenvalue weighted by molar-refractivity contribution is 0.296. The zero-order valence-electron chi connectivity index (χ0n) is 9.90. The van der Waals surface area contributed by atoms with E-state index in [2.05, 4.69) is 27.7 Å². The number of nitrogens with two attached hydrogens (primary N) is 1. The van der Waals surface area contributed by atoms with Gasteiger partial charge in [0.25, 0.3) is 0 Å². The molecular weight excluding hydrogens is 158 g/mol. The van der Waals surface area contributed by atoms with Crippen LogP contribution >= 0.6 is 0 Å². The molecule has 0 atom stereocenters. The SMILES string of the molecule is CC(C)CCCCC(C)(C)CCN. The van der Waals surface area contributed by atoms with Crippen LogP contribution in [-0.2, 0) is 0 Å². The lowest BCUT2D eigenvalue weighted by Gasteiger charge is -2.23.